The number of aryl methyl sites for hydroxylation is 1. The number of methoxy groups -OCH3 is 1. The molecule has 0 saturated carbocycles. The van der Waals surface area contributed by atoms with Crippen molar-refractivity contribution in [3.05, 3.63) is 29.8 Å². The second kappa shape index (κ2) is 6.36. The second-order valence-corrected chi connectivity index (χ2v) is 8.01. The Morgan fingerprint density at radius 1 is 1.17 bits per heavy atom. The van der Waals surface area contributed by atoms with E-state index in [0.29, 0.717) is 0 Å². The van der Waals surface area contributed by atoms with Crippen LogP contribution in [0.2, 0.25) is 0 Å². The summed E-state index contributed by atoms with van der Waals surface area (Å²) in [5.41, 5.74) is 0.970. The molecule has 1 aromatic rings. The van der Waals surface area contributed by atoms with Gasteiger partial charge in [-0.1, -0.05) is 17.7 Å². The topological polar surface area (TPSA) is 80.3 Å². The average molecular weight is 358 g/mol. The number of hydrogen-bond donors (Lipinski definition) is 0. The zero-order valence-corrected chi connectivity index (χ0v) is 14.9. The highest BCUT2D eigenvalue weighted by atomic mass is 32.2. The van der Waals surface area contributed by atoms with E-state index in [1.54, 1.807) is 26.0 Å². The van der Waals surface area contributed by atoms with Crippen molar-refractivity contribution >= 4 is 10.1 Å². The Balaban J connectivity index is 1.66. The summed E-state index contributed by atoms with van der Waals surface area (Å²) in [5, 5.41) is 0. The van der Waals surface area contributed by atoms with Crippen molar-refractivity contribution in [2.24, 2.45) is 0 Å². The molecule has 2 fully saturated rings. The molecule has 0 bridgehead atoms. The van der Waals surface area contributed by atoms with Gasteiger partial charge in [-0.3, -0.25) is 4.18 Å². The smallest absolute Gasteiger partial charge is 0.297 e. The van der Waals surface area contributed by atoms with Crippen LogP contribution in [0.15, 0.2) is 29.2 Å². The molecular formula is C16H22O7S. The number of ether oxygens (including phenoxy) is 4. The fraction of sp³-hybridized carbons (Fsp3) is 0.625. The summed E-state index contributed by atoms with van der Waals surface area (Å²) in [6, 6.07) is 6.46. The van der Waals surface area contributed by atoms with Crippen LogP contribution >= 0.6 is 0 Å². The standard InChI is InChI=1S/C16H22O7S/c1-10-5-7-11(8-6-10)24(17,18)20-9-12-13(19-4)14-15(21-12)23-16(2,3)22-14/h5-8,12-15H,9H2,1-4H3/t12-,13+,14-,15+/m1/s1. The van der Waals surface area contributed by atoms with Gasteiger partial charge in [0, 0.05) is 7.11 Å². The molecule has 4 atom stereocenters. The number of benzene rings is 1. The lowest BCUT2D eigenvalue weighted by Crippen LogP contribution is -2.38. The van der Waals surface area contributed by atoms with Gasteiger partial charge in [0.2, 0.25) is 0 Å². The third kappa shape index (κ3) is 3.49. The van der Waals surface area contributed by atoms with Crippen LogP contribution in [0, 0.1) is 6.92 Å². The lowest BCUT2D eigenvalue weighted by atomic mass is 10.1. The summed E-state index contributed by atoms with van der Waals surface area (Å²) in [6.45, 7) is 5.28. The van der Waals surface area contributed by atoms with E-state index < -0.39 is 40.5 Å². The van der Waals surface area contributed by atoms with E-state index in [1.807, 2.05) is 6.92 Å². The molecule has 2 heterocycles. The van der Waals surface area contributed by atoms with E-state index in [0.717, 1.165) is 5.56 Å². The Labute approximate surface area is 141 Å². The van der Waals surface area contributed by atoms with E-state index in [-0.39, 0.29) is 11.5 Å². The Morgan fingerprint density at radius 3 is 2.46 bits per heavy atom. The molecule has 3 rings (SSSR count). The first-order chi connectivity index (χ1) is 11.2. The van der Waals surface area contributed by atoms with Crippen LogP contribution in [0.3, 0.4) is 0 Å². The highest BCUT2D eigenvalue weighted by molar-refractivity contribution is 7.86. The maximum Gasteiger partial charge on any atom is 0.297 e. The predicted molar refractivity (Wildman–Crippen MR) is 83.8 cm³/mol. The van der Waals surface area contributed by atoms with Crippen LogP contribution in [0.25, 0.3) is 0 Å². The van der Waals surface area contributed by atoms with Crippen molar-refractivity contribution < 1.29 is 31.5 Å². The van der Waals surface area contributed by atoms with Crippen molar-refractivity contribution in [2.45, 2.75) is 56.1 Å². The van der Waals surface area contributed by atoms with Crippen molar-refractivity contribution in [1.29, 1.82) is 0 Å². The minimum absolute atomic E-state index is 0.105. The van der Waals surface area contributed by atoms with Crippen LogP contribution < -0.4 is 0 Å². The van der Waals surface area contributed by atoms with Crippen LogP contribution in [0.1, 0.15) is 19.4 Å². The Kier molecular flexibility index (Phi) is 4.71. The molecule has 0 unspecified atom stereocenters. The average Bonchev–Trinajstić information content (AvgIpc) is 2.96. The Morgan fingerprint density at radius 2 is 1.83 bits per heavy atom. The first kappa shape index (κ1) is 17.8. The van der Waals surface area contributed by atoms with Crippen LogP contribution in [0.5, 0.6) is 0 Å². The maximum absolute atomic E-state index is 12.3. The van der Waals surface area contributed by atoms with E-state index in [1.165, 1.54) is 19.2 Å². The summed E-state index contributed by atoms with van der Waals surface area (Å²) < 4.78 is 52.2. The molecule has 0 aliphatic carbocycles. The second-order valence-electron chi connectivity index (χ2n) is 6.40. The normalized spacial score (nSPS) is 32.0. The largest absolute Gasteiger partial charge is 0.376 e. The molecule has 24 heavy (non-hydrogen) atoms. The molecule has 2 aliphatic heterocycles. The lowest BCUT2D eigenvalue weighted by molar-refractivity contribution is -0.219. The van der Waals surface area contributed by atoms with Crippen molar-refractivity contribution in [1.82, 2.24) is 0 Å². The number of rotatable bonds is 5. The minimum Gasteiger partial charge on any atom is -0.376 e. The fourth-order valence-corrected chi connectivity index (χ4v) is 3.81. The van der Waals surface area contributed by atoms with Gasteiger partial charge < -0.3 is 18.9 Å². The SMILES string of the molecule is CO[C@@H]1[C@H]2OC(C)(C)O[C@@H]2O[C@@H]1COS(=O)(=O)c1ccc(C)cc1. The van der Waals surface area contributed by atoms with Gasteiger partial charge in [0.25, 0.3) is 10.1 Å². The number of hydrogen-bond acceptors (Lipinski definition) is 7. The summed E-state index contributed by atoms with van der Waals surface area (Å²) in [7, 11) is -2.34. The van der Waals surface area contributed by atoms with Crippen molar-refractivity contribution in [3.8, 4) is 0 Å². The summed E-state index contributed by atoms with van der Waals surface area (Å²) in [6.07, 6.45) is -2.08. The molecule has 0 spiro atoms. The minimum atomic E-state index is -3.86. The predicted octanol–water partition coefficient (Wildman–Crippen LogP) is 1.59. The number of fused-ring (bicyclic) bond motifs is 1. The van der Waals surface area contributed by atoms with Crippen molar-refractivity contribution in [3.63, 3.8) is 0 Å². The lowest BCUT2D eigenvalue weighted by Gasteiger charge is -2.24. The summed E-state index contributed by atoms with van der Waals surface area (Å²) in [4.78, 5) is 0.105. The van der Waals surface area contributed by atoms with Crippen LogP contribution in [0.4, 0.5) is 0 Å². The highest BCUT2D eigenvalue weighted by Gasteiger charge is 2.55. The molecule has 2 aliphatic rings. The van der Waals surface area contributed by atoms with Gasteiger partial charge in [0.1, 0.15) is 18.3 Å². The van der Waals surface area contributed by atoms with Gasteiger partial charge in [0.05, 0.1) is 11.5 Å². The fourth-order valence-electron chi connectivity index (χ4n) is 2.90. The van der Waals surface area contributed by atoms with Gasteiger partial charge in [-0.2, -0.15) is 8.42 Å². The van der Waals surface area contributed by atoms with Gasteiger partial charge >= 0.3 is 0 Å². The molecule has 0 aromatic heterocycles. The quantitative estimate of drug-likeness (QED) is 0.740. The molecular weight excluding hydrogens is 336 g/mol. The Hall–Kier alpha value is -1.03. The molecule has 0 N–H and O–H groups in total. The molecule has 134 valence electrons. The monoisotopic (exact) mass is 358 g/mol. The van der Waals surface area contributed by atoms with E-state index in [4.69, 9.17) is 23.1 Å². The summed E-state index contributed by atoms with van der Waals surface area (Å²) >= 11 is 0. The maximum atomic E-state index is 12.3. The van der Waals surface area contributed by atoms with Crippen LogP contribution in [-0.4, -0.2) is 52.5 Å². The highest BCUT2D eigenvalue weighted by Crippen LogP contribution is 2.38. The molecule has 1 aromatic carbocycles. The zero-order valence-electron chi connectivity index (χ0n) is 14.1. The first-order valence-corrected chi connectivity index (χ1v) is 9.13. The third-order valence-corrected chi connectivity index (χ3v) is 5.35. The zero-order chi connectivity index (χ0) is 17.5. The molecule has 0 amide bonds. The Bertz CT molecular complexity index is 683. The van der Waals surface area contributed by atoms with Gasteiger partial charge in [-0.25, -0.2) is 0 Å². The van der Waals surface area contributed by atoms with Gasteiger partial charge in [-0.15, -0.1) is 0 Å². The molecule has 8 heteroatoms. The molecule has 0 radical (unpaired) electrons. The third-order valence-electron chi connectivity index (χ3n) is 4.06. The molecule has 7 nitrogen and oxygen atoms in total. The first-order valence-electron chi connectivity index (χ1n) is 7.72. The van der Waals surface area contributed by atoms with E-state index in [2.05, 4.69) is 0 Å². The van der Waals surface area contributed by atoms with E-state index in [9.17, 15) is 8.42 Å². The van der Waals surface area contributed by atoms with Gasteiger partial charge in [-0.05, 0) is 32.9 Å². The van der Waals surface area contributed by atoms with Crippen LogP contribution in [-0.2, 0) is 33.2 Å². The molecule has 2 saturated heterocycles. The van der Waals surface area contributed by atoms with Crippen molar-refractivity contribution in [2.75, 3.05) is 13.7 Å². The van der Waals surface area contributed by atoms with Gasteiger partial charge in [0.15, 0.2) is 12.1 Å². The van der Waals surface area contributed by atoms with E-state index >= 15 is 0 Å². The summed E-state index contributed by atoms with van der Waals surface area (Å²) in [5.74, 6) is -0.758.